The summed E-state index contributed by atoms with van der Waals surface area (Å²) in [6, 6.07) is 4.48. The number of hydrogen-bond acceptors (Lipinski definition) is 3. The van der Waals surface area contributed by atoms with E-state index < -0.39 is 30.4 Å². The van der Waals surface area contributed by atoms with E-state index in [9.17, 15) is 18.0 Å². The highest BCUT2D eigenvalue weighted by Gasteiger charge is 2.30. The van der Waals surface area contributed by atoms with Gasteiger partial charge in [-0.15, -0.1) is 0 Å². The molecule has 0 spiro atoms. The first-order valence-electron chi connectivity index (χ1n) is 5.54. The zero-order chi connectivity index (χ0) is 14.5. The maximum Gasteiger partial charge on any atom is 0.416 e. The highest BCUT2D eigenvalue weighted by Crippen LogP contribution is 2.29. The Hall–Kier alpha value is -1.60. The van der Waals surface area contributed by atoms with Crippen LogP contribution in [-0.4, -0.2) is 35.4 Å². The van der Waals surface area contributed by atoms with Crippen molar-refractivity contribution in [3.05, 3.63) is 35.4 Å². The number of rotatable bonds is 5. The molecule has 0 saturated heterocycles. The average molecular weight is 277 g/mol. The molecule has 0 heterocycles. The monoisotopic (exact) mass is 277 g/mol. The van der Waals surface area contributed by atoms with Crippen molar-refractivity contribution in [2.45, 2.75) is 18.7 Å². The fourth-order valence-corrected chi connectivity index (χ4v) is 1.40. The Bertz CT molecular complexity index is 434. The van der Waals surface area contributed by atoms with E-state index in [1.165, 1.54) is 12.1 Å². The molecule has 106 valence electrons. The smallest absolute Gasteiger partial charge is 0.394 e. The number of alkyl halides is 3. The van der Waals surface area contributed by atoms with E-state index in [-0.39, 0.29) is 18.5 Å². The van der Waals surface area contributed by atoms with E-state index in [2.05, 4.69) is 5.32 Å². The van der Waals surface area contributed by atoms with E-state index in [4.69, 9.17) is 10.2 Å². The number of carbonyl (C=O) groups is 1. The van der Waals surface area contributed by atoms with Crippen LogP contribution >= 0.6 is 0 Å². The van der Waals surface area contributed by atoms with Crippen LogP contribution in [0.3, 0.4) is 0 Å². The number of hydrogen-bond donors (Lipinski definition) is 3. The lowest BCUT2D eigenvalue weighted by Gasteiger charge is -2.10. The third-order valence-electron chi connectivity index (χ3n) is 2.36. The van der Waals surface area contributed by atoms with E-state index in [0.717, 1.165) is 12.1 Å². The molecule has 4 nitrogen and oxygen atoms in total. The first-order valence-corrected chi connectivity index (χ1v) is 5.54. The van der Waals surface area contributed by atoms with Crippen LogP contribution in [-0.2, 0) is 17.4 Å². The van der Waals surface area contributed by atoms with Crippen molar-refractivity contribution in [2.24, 2.45) is 0 Å². The molecule has 0 aromatic heterocycles. The summed E-state index contributed by atoms with van der Waals surface area (Å²) in [5.74, 6) is -0.521. The van der Waals surface area contributed by atoms with Gasteiger partial charge in [0.15, 0.2) is 0 Å². The van der Waals surface area contributed by atoms with E-state index in [0.29, 0.717) is 0 Å². The largest absolute Gasteiger partial charge is 0.416 e. The molecule has 0 saturated carbocycles. The van der Waals surface area contributed by atoms with E-state index in [1.54, 1.807) is 0 Å². The molecular weight excluding hydrogens is 263 g/mol. The van der Waals surface area contributed by atoms with Crippen molar-refractivity contribution < 1.29 is 28.2 Å². The highest BCUT2D eigenvalue weighted by molar-refractivity contribution is 5.78. The van der Waals surface area contributed by atoms with E-state index in [1.807, 2.05) is 0 Å². The van der Waals surface area contributed by atoms with Crippen LogP contribution in [0.25, 0.3) is 0 Å². The fourth-order valence-electron chi connectivity index (χ4n) is 1.40. The molecule has 0 aliphatic carbocycles. The van der Waals surface area contributed by atoms with Gasteiger partial charge in [0, 0.05) is 6.54 Å². The van der Waals surface area contributed by atoms with Crippen molar-refractivity contribution >= 4 is 5.91 Å². The van der Waals surface area contributed by atoms with Crippen LogP contribution in [0, 0.1) is 0 Å². The molecule has 0 bridgehead atoms. The molecule has 0 fully saturated rings. The predicted octanol–water partition coefficient (Wildman–Crippen LogP) is 0.717. The number of amides is 1. The number of aliphatic hydroxyl groups excluding tert-OH is 2. The Kier molecular flexibility index (Phi) is 5.31. The predicted molar refractivity (Wildman–Crippen MR) is 61.3 cm³/mol. The Morgan fingerprint density at radius 1 is 1.37 bits per heavy atom. The second-order valence-corrected chi connectivity index (χ2v) is 4.02. The fraction of sp³-hybridized carbons (Fsp3) is 0.417. The maximum absolute atomic E-state index is 12.4. The maximum atomic E-state index is 12.4. The van der Waals surface area contributed by atoms with Crippen LogP contribution in [0.5, 0.6) is 0 Å². The lowest BCUT2D eigenvalue weighted by atomic mass is 10.1. The van der Waals surface area contributed by atoms with Gasteiger partial charge in [-0.25, -0.2) is 0 Å². The van der Waals surface area contributed by atoms with Gasteiger partial charge >= 0.3 is 6.18 Å². The Morgan fingerprint density at radius 2 is 2.05 bits per heavy atom. The molecule has 1 unspecified atom stereocenters. The normalized spacial score (nSPS) is 13.1. The van der Waals surface area contributed by atoms with E-state index >= 15 is 0 Å². The van der Waals surface area contributed by atoms with Crippen LogP contribution in [0.1, 0.15) is 11.1 Å². The van der Waals surface area contributed by atoms with Gasteiger partial charge < -0.3 is 15.5 Å². The lowest BCUT2D eigenvalue weighted by molar-refractivity contribution is -0.137. The zero-order valence-corrected chi connectivity index (χ0v) is 9.94. The van der Waals surface area contributed by atoms with Gasteiger partial charge in [-0.2, -0.15) is 13.2 Å². The zero-order valence-electron chi connectivity index (χ0n) is 9.94. The SMILES string of the molecule is O=C(Cc1cccc(C(F)(F)F)c1)NCC(O)CO. The van der Waals surface area contributed by atoms with Crippen molar-refractivity contribution in [3.63, 3.8) is 0 Å². The Balaban J connectivity index is 2.60. The number of benzene rings is 1. The summed E-state index contributed by atoms with van der Waals surface area (Å²) in [5, 5.41) is 19.9. The van der Waals surface area contributed by atoms with Crippen LogP contribution in [0.15, 0.2) is 24.3 Å². The minimum atomic E-state index is -4.44. The summed E-state index contributed by atoms with van der Waals surface area (Å²) in [6.45, 7) is -0.641. The molecule has 1 atom stereocenters. The molecule has 19 heavy (non-hydrogen) atoms. The number of nitrogens with one attached hydrogen (secondary N) is 1. The summed E-state index contributed by atoms with van der Waals surface area (Å²) in [7, 11) is 0. The summed E-state index contributed by atoms with van der Waals surface area (Å²) >= 11 is 0. The van der Waals surface area contributed by atoms with Gasteiger partial charge in [0.2, 0.25) is 5.91 Å². The molecule has 0 aliphatic heterocycles. The summed E-state index contributed by atoms with van der Waals surface area (Å²) in [4.78, 5) is 11.4. The minimum Gasteiger partial charge on any atom is -0.394 e. The Morgan fingerprint density at radius 3 is 2.63 bits per heavy atom. The number of aliphatic hydroxyl groups is 2. The molecule has 0 aliphatic rings. The molecule has 1 amide bonds. The lowest BCUT2D eigenvalue weighted by Crippen LogP contribution is -2.34. The standard InChI is InChI=1S/C12H14F3NO3/c13-12(14,15)9-3-1-2-8(4-9)5-11(19)16-6-10(18)7-17/h1-4,10,17-18H,5-7H2,(H,16,19). The molecule has 1 rings (SSSR count). The third-order valence-corrected chi connectivity index (χ3v) is 2.36. The van der Waals surface area contributed by atoms with Crippen molar-refractivity contribution in [3.8, 4) is 0 Å². The van der Waals surface area contributed by atoms with Crippen LogP contribution < -0.4 is 5.32 Å². The first kappa shape index (κ1) is 15.5. The average Bonchev–Trinajstić information content (AvgIpc) is 2.35. The molecular formula is C12H14F3NO3. The number of carbonyl (C=O) groups excluding carboxylic acids is 1. The second kappa shape index (κ2) is 6.53. The summed E-state index contributed by atoms with van der Waals surface area (Å²) in [6.07, 6.45) is -5.74. The van der Waals surface area contributed by atoms with Crippen LogP contribution in [0.4, 0.5) is 13.2 Å². The summed E-state index contributed by atoms with van der Waals surface area (Å²) in [5.41, 5.74) is -0.584. The van der Waals surface area contributed by atoms with Gasteiger partial charge in [0.05, 0.1) is 24.7 Å². The molecule has 3 N–H and O–H groups in total. The second-order valence-electron chi connectivity index (χ2n) is 4.02. The van der Waals surface area contributed by atoms with Gasteiger partial charge in [-0.1, -0.05) is 18.2 Å². The summed E-state index contributed by atoms with van der Waals surface area (Å²) < 4.78 is 37.3. The molecule has 1 aromatic carbocycles. The number of halogens is 3. The first-order chi connectivity index (χ1) is 8.82. The van der Waals surface area contributed by atoms with Gasteiger partial charge in [0.25, 0.3) is 0 Å². The topological polar surface area (TPSA) is 69.6 Å². The molecule has 0 radical (unpaired) electrons. The Labute approximate surface area is 107 Å². The van der Waals surface area contributed by atoms with Crippen LogP contribution in [0.2, 0.25) is 0 Å². The highest BCUT2D eigenvalue weighted by atomic mass is 19.4. The quantitative estimate of drug-likeness (QED) is 0.742. The van der Waals surface area contributed by atoms with Gasteiger partial charge in [-0.05, 0) is 11.6 Å². The van der Waals surface area contributed by atoms with Crippen molar-refractivity contribution in [1.29, 1.82) is 0 Å². The minimum absolute atomic E-state index is 0.145. The van der Waals surface area contributed by atoms with Crippen molar-refractivity contribution in [1.82, 2.24) is 5.32 Å². The van der Waals surface area contributed by atoms with Gasteiger partial charge in [0.1, 0.15) is 0 Å². The third kappa shape index (κ3) is 5.27. The molecule has 1 aromatic rings. The van der Waals surface area contributed by atoms with Crippen molar-refractivity contribution in [2.75, 3.05) is 13.2 Å². The van der Waals surface area contributed by atoms with Gasteiger partial charge in [-0.3, -0.25) is 4.79 Å². The molecule has 7 heteroatoms.